The van der Waals surface area contributed by atoms with Crippen LogP contribution in [0.25, 0.3) is 0 Å². The quantitative estimate of drug-likeness (QED) is 0.389. The number of carbonyl (C=O) groups is 2. The van der Waals surface area contributed by atoms with Gasteiger partial charge in [-0.15, -0.1) is 0 Å². The van der Waals surface area contributed by atoms with E-state index in [4.69, 9.17) is 4.74 Å². The highest BCUT2D eigenvalue weighted by Gasteiger charge is 2.45. The molecule has 0 aromatic heterocycles. The fraction of sp³-hybridized carbons (Fsp3) is 0.576. The maximum absolute atomic E-state index is 13.2. The Morgan fingerprint density at radius 3 is 1.70 bits per heavy atom. The SMILES string of the molecule is CC.CC.Cc1ccccc1C.O=C1CCN(C2(C(=O)OCc3ccccc3)CCCCCCC2)CC1. The lowest BCUT2D eigenvalue weighted by molar-refractivity contribution is -0.163. The Labute approximate surface area is 226 Å². The normalized spacial score (nSPS) is 17.2. The van der Waals surface area contributed by atoms with Gasteiger partial charge in [0.25, 0.3) is 0 Å². The van der Waals surface area contributed by atoms with Gasteiger partial charge in [0.1, 0.15) is 17.9 Å². The van der Waals surface area contributed by atoms with Crippen molar-refractivity contribution < 1.29 is 14.3 Å². The molecule has 37 heavy (non-hydrogen) atoms. The number of Topliss-reactive ketones (excluding diaryl/α,β-unsaturated/α-hetero) is 1. The van der Waals surface area contributed by atoms with Crippen molar-refractivity contribution in [3.63, 3.8) is 0 Å². The molecule has 2 aromatic rings. The number of likely N-dealkylation sites (tertiary alicyclic amines) is 1. The molecule has 4 rings (SSSR count). The fourth-order valence-corrected chi connectivity index (χ4v) is 4.84. The Morgan fingerprint density at radius 1 is 0.757 bits per heavy atom. The van der Waals surface area contributed by atoms with Gasteiger partial charge < -0.3 is 4.74 Å². The van der Waals surface area contributed by atoms with Gasteiger partial charge in [-0.2, -0.15) is 0 Å². The summed E-state index contributed by atoms with van der Waals surface area (Å²) >= 11 is 0. The predicted molar refractivity (Wildman–Crippen MR) is 156 cm³/mol. The average molecular weight is 510 g/mol. The number of hydrogen-bond donors (Lipinski definition) is 0. The van der Waals surface area contributed by atoms with E-state index in [2.05, 4.69) is 43.0 Å². The van der Waals surface area contributed by atoms with E-state index in [9.17, 15) is 9.59 Å². The maximum atomic E-state index is 13.2. The molecule has 1 aliphatic carbocycles. The Hall–Kier alpha value is -2.46. The Balaban J connectivity index is 0.000000478. The van der Waals surface area contributed by atoms with E-state index in [1.807, 2.05) is 58.0 Å². The molecule has 1 saturated carbocycles. The summed E-state index contributed by atoms with van der Waals surface area (Å²) < 4.78 is 5.78. The van der Waals surface area contributed by atoms with E-state index in [0.717, 1.165) is 31.2 Å². The zero-order valence-electron chi connectivity index (χ0n) is 24.4. The Kier molecular flexibility index (Phi) is 16.5. The zero-order valence-corrected chi connectivity index (χ0v) is 24.4. The van der Waals surface area contributed by atoms with Gasteiger partial charge in [-0.25, -0.2) is 0 Å². The lowest BCUT2D eigenvalue weighted by Crippen LogP contribution is -2.58. The van der Waals surface area contributed by atoms with Crippen LogP contribution in [0.4, 0.5) is 0 Å². The van der Waals surface area contributed by atoms with E-state index in [1.54, 1.807) is 0 Å². The van der Waals surface area contributed by atoms with Gasteiger partial charge in [-0.3, -0.25) is 14.5 Å². The molecule has 2 aliphatic rings. The molecule has 0 bridgehead atoms. The molecule has 0 unspecified atom stereocenters. The standard InChI is InChI=1S/C21H29NO3.C8H10.2C2H6/c23-19-11-15-22(16-12-19)21(13-7-2-1-3-8-14-21)20(24)25-17-18-9-5-4-6-10-18;1-7-5-3-4-6-8(7)2;2*1-2/h4-6,9-10H,1-3,7-8,11-17H2;3-6H,1-2H3;2*1-2H3. The first kappa shape index (κ1) is 32.6. The number of esters is 1. The van der Waals surface area contributed by atoms with Crippen LogP contribution in [0.5, 0.6) is 0 Å². The van der Waals surface area contributed by atoms with Crippen LogP contribution >= 0.6 is 0 Å². The highest BCUT2D eigenvalue weighted by molar-refractivity contribution is 5.83. The fourth-order valence-electron chi connectivity index (χ4n) is 4.84. The van der Waals surface area contributed by atoms with Gasteiger partial charge in [0.15, 0.2) is 0 Å². The van der Waals surface area contributed by atoms with Gasteiger partial charge in [-0.05, 0) is 43.4 Å². The maximum Gasteiger partial charge on any atom is 0.326 e. The number of rotatable bonds is 4. The molecule has 0 atom stereocenters. The molecule has 0 N–H and O–H groups in total. The first-order valence-electron chi connectivity index (χ1n) is 14.5. The van der Waals surface area contributed by atoms with Crippen molar-refractivity contribution in [1.82, 2.24) is 4.90 Å². The summed E-state index contributed by atoms with van der Waals surface area (Å²) in [7, 11) is 0. The number of hydrogen-bond acceptors (Lipinski definition) is 4. The highest BCUT2D eigenvalue weighted by atomic mass is 16.5. The van der Waals surface area contributed by atoms with Crippen molar-refractivity contribution in [2.45, 2.75) is 111 Å². The second-order valence-corrected chi connectivity index (χ2v) is 9.47. The number of carbonyl (C=O) groups excluding carboxylic acids is 2. The van der Waals surface area contributed by atoms with Gasteiger partial charge >= 0.3 is 5.97 Å². The lowest BCUT2D eigenvalue weighted by Gasteiger charge is -2.44. The minimum absolute atomic E-state index is 0.0902. The van der Waals surface area contributed by atoms with Crippen molar-refractivity contribution in [3.8, 4) is 0 Å². The highest BCUT2D eigenvalue weighted by Crippen LogP contribution is 2.35. The molecule has 2 aromatic carbocycles. The summed E-state index contributed by atoms with van der Waals surface area (Å²) in [4.78, 5) is 27.1. The molecular weight excluding hydrogens is 458 g/mol. The molecule has 4 nitrogen and oxygen atoms in total. The summed E-state index contributed by atoms with van der Waals surface area (Å²) in [6.07, 6.45) is 8.58. The van der Waals surface area contributed by atoms with Crippen LogP contribution < -0.4 is 0 Å². The lowest BCUT2D eigenvalue weighted by atomic mass is 9.81. The number of nitrogens with zero attached hydrogens (tertiary/aromatic N) is 1. The van der Waals surface area contributed by atoms with Gasteiger partial charge in [-0.1, -0.05) is 114 Å². The van der Waals surface area contributed by atoms with Crippen LogP contribution in [0.1, 0.15) is 102 Å². The monoisotopic (exact) mass is 509 g/mol. The molecule has 4 heteroatoms. The molecule has 1 aliphatic heterocycles. The number of benzene rings is 2. The minimum Gasteiger partial charge on any atom is -0.459 e. The van der Waals surface area contributed by atoms with Crippen LogP contribution in [0.2, 0.25) is 0 Å². The third kappa shape index (κ3) is 10.8. The van der Waals surface area contributed by atoms with Crippen LogP contribution in [-0.2, 0) is 20.9 Å². The van der Waals surface area contributed by atoms with E-state index in [-0.39, 0.29) is 5.97 Å². The van der Waals surface area contributed by atoms with Crippen molar-refractivity contribution in [2.75, 3.05) is 13.1 Å². The summed E-state index contributed by atoms with van der Waals surface area (Å²) in [5, 5.41) is 0. The topological polar surface area (TPSA) is 46.6 Å². The molecule has 206 valence electrons. The van der Waals surface area contributed by atoms with E-state index < -0.39 is 5.54 Å². The van der Waals surface area contributed by atoms with Gasteiger partial charge in [0.2, 0.25) is 0 Å². The summed E-state index contributed by atoms with van der Waals surface area (Å²) in [5.74, 6) is 0.225. The van der Waals surface area contributed by atoms with E-state index in [1.165, 1.54) is 30.4 Å². The van der Waals surface area contributed by atoms with Gasteiger partial charge in [0.05, 0.1) is 0 Å². The molecule has 1 saturated heterocycles. The van der Waals surface area contributed by atoms with Crippen LogP contribution in [-0.4, -0.2) is 35.3 Å². The largest absolute Gasteiger partial charge is 0.459 e. The number of ketones is 1. The van der Waals surface area contributed by atoms with E-state index in [0.29, 0.717) is 38.3 Å². The van der Waals surface area contributed by atoms with Crippen LogP contribution in [0, 0.1) is 13.8 Å². The third-order valence-electron chi connectivity index (χ3n) is 7.13. The zero-order chi connectivity index (χ0) is 27.5. The number of aryl methyl sites for hydroxylation is 2. The summed E-state index contributed by atoms with van der Waals surface area (Å²) in [6.45, 7) is 14.0. The minimum atomic E-state index is -0.532. The van der Waals surface area contributed by atoms with Crippen molar-refractivity contribution in [2.24, 2.45) is 0 Å². The third-order valence-corrected chi connectivity index (χ3v) is 7.13. The first-order chi connectivity index (χ1) is 18.0. The molecule has 2 fully saturated rings. The second kappa shape index (κ2) is 18.7. The Morgan fingerprint density at radius 2 is 1.22 bits per heavy atom. The molecule has 0 amide bonds. The number of piperidine rings is 1. The van der Waals surface area contributed by atoms with Crippen molar-refractivity contribution in [3.05, 3.63) is 71.3 Å². The smallest absolute Gasteiger partial charge is 0.326 e. The first-order valence-corrected chi connectivity index (χ1v) is 14.5. The second-order valence-electron chi connectivity index (χ2n) is 9.47. The average Bonchev–Trinajstić information content (AvgIpc) is 2.93. The van der Waals surface area contributed by atoms with Crippen LogP contribution in [0.3, 0.4) is 0 Å². The molecule has 0 radical (unpaired) electrons. The van der Waals surface area contributed by atoms with E-state index >= 15 is 0 Å². The van der Waals surface area contributed by atoms with Gasteiger partial charge in [0, 0.05) is 25.9 Å². The summed E-state index contributed by atoms with van der Waals surface area (Å²) in [6, 6.07) is 18.2. The predicted octanol–water partition coefficient (Wildman–Crippen LogP) is 8.23. The molecule has 1 heterocycles. The van der Waals surface area contributed by atoms with Crippen molar-refractivity contribution >= 4 is 11.8 Å². The number of ether oxygens (including phenoxy) is 1. The van der Waals surface area contributed by atoms with Crippen molar-refractivity contribution in [1.29, 1.82) is 0 Å². The van der Waals surface area contributed by atoms with Crippen LogP contribution in [0.15, 0.2) is 54.6 Å². The summed E-state index contributed by atoms with van der Waals surface area (Å²) in [5.41, 5.74) is 3.22. The molecule has 0 spiro atoms. The molecular formula is C33H51NO3. The Bertz CT molecular complexity index is 854.